The summed E-state index contributed by atoms with van der Waals surface area (Å²) < 4.78 is 10.6. The number of hydrogen-bond acceptors (Lipinski definition) is 6. The van der Waals surface area contributed by atoms with E-state index in [4.69, 9.17) is 21.1 Å². The number of aryl methyl sites for hydroxylation is 1. The third-order valence-electron chi connectivity index (χ3n) is 4.49. The Morgan fingerprint density at radius 2 is 1.70 bits per heavy atom. The Hall–Kier alpha value is -1.73. The molecule has 0 radical (unpaired) electrons. The van der Waals surface area contributed by atoms with Crippen molar-refractivity contribution in [3.8, 4) is 11.1 Å². The van der Waals surface area contributed by atoms with Gasteiger partial charge < -0.3 is 14.4 Å². The second-order valence-corrected chi connectivity index (χ2v) is 7.37. The smallest absolute Gasteiger partial charge is 0.225 e. The number of aromatic nitrogens is 2. The molecule has 0 spiro atoms. The number of ether oxygens (including phenoxy) is 2. The van der Waals surface area contributed by atoms with Crippen molar-refractivity contribution in [2.45, 2.75) is 13.3 Å². The summed E-state index contributed by atoms with van der Waals surface area (Å²) in [5.41, 5.74) is 3.60. The van der Waals surface area contributed by atoms with Crippen molar-refractivity contribution in [2.75, 3.05) is 45.4 Å². The highest BCUT2D eigenvalue weighted by Crippen LogP contribution is 2.39. The lowest BCUT2D eigenvalue weighted by molar-refractivity contribution is 0.190. The minimum absolute atomic E-state index is 0.257. The van der Waals surface area contributed by atoms with E-state index in [-0.39, 0.29) is 5.28 Å². The molecule has 144 valence electrons. The monoisotopic (exact) mass is 405 g/mol. The van der Waals surface area contributed by atoms with Crippen LogP contribution >= 0.6 is 22.9 Å². The minimum Gasteiger partial charge on any atom is -0.383 e. The van der Waals surface area contributed by atoms with E-state index in [0.29, 0.717) is 26.3 Å². The number of fused-ring (bicyclic) bond motifs is 1. The molecule has 0 fully saturated rings. The SMILES string of the molecule is CCc1ccc(-c2csc3nc(Cl)nc(N(CCOC)CCOC)c23)cc1. The Morgan fingerprint density at radius 3 is 2.30 bits per heavy atom. The Bertz CT molecular complexity index is 875. The first kappa shape index (κ1) is 20.0. The van der Waals surface area contributed by atoms with E-state index in [9.17, 15) is 0 Å². The highest BCUT2D eigenvalue weighted by atomic mass is 35.5. The van der Waals surface area contributed by atoms with Crippen molar-refractivity contribution in [3.63, 3.8) is 0 Å². The predicted molar refractivity (Wildman–Crippen MR) is 113 cm³/mol. The minimum atomic E-state index is 0.257. The van der Waals surface area contributed by atoms with Crippen LogP contribution in [-0.4, -0.2) is 50.5 Å². The van der Waals surface area contributed by atoms with Crippen LogP contribution < -0.4 is 4.90 Å². The maximum atomic E-state index is 6.23. The molecule has 2 aromatic heterocycles. The van der Waals surface area contributed by atoms with E-state index in [0.717, 1.165) is 33.6 Å². The summed E-state index contributed by atoms with van der Waals surface area (Å²) in [6.45, 7) is 4.75. The van der Waals surface area contributed by atoms with Crippen molar-refractivity contribution in [1.82, 2.24) is 9.97 Å². The summed E-state index contributed by atoms with van der Waals surface area (Å²) in [7, 11) is 3.39. The third kappa shape index (κ3) is 4.58. The molecule has 3 aromatic rings. The van der Waals surface area contributed by atoms with Gasteiger partial charge in [0.1, 0.15) is 10.6 Å². The van der Waals surface area contributed by atoms with Gasteiger partial charge in [0.25, 0.3) is 0 Å². The lowest BCUT2D eigenvalue weighted by Gasteiger charge is -2.24. The molecule has 0 unspecified atom stereocenters. The number of hydrogen-bond donors (Lipinski definition) is 0. The Labute approximate surface area is 168 Å². The maximum Gasteiger partial charge on any atom is 0.225 e. The summed E-state index contributed by atoms with van der Waals surface area (Å²) in [6.07, 6.45) is 1.02. The number of halogens is 1. The van der Waals surface area contributed by atoms with Gasteiger partial charge >= 0.3 is 0 Å². The first-order valence-corrected chi connectivity index (χ1v) is 10.2. The number of nitrogens with zero attached hydrogens (tertiary/aromatic N) is 3. The van der Waals surface area contributed by atoms with Gasteiger partial charge in [-0.05, 0) is 29.1 Å². The number of anilines is 1. The molecule has 0 saturated heterocycles. The van der Waals surface area contributed by atoms with Crippen molar-refractivity contribution in [2.24, 2.45) is 0 Å². The molecule has 7 heteroatoms. The zero-order chi connectivity index (χ0) is 19.2. The molecule has 2 heterocycles. The summed E-state index contributed by atoms with van der Waals surface area (Å²) in [4.78, 5) is 12.1. The standard InChI is InChI=1S/C20H24ClN3O2S/c1-4-14-5-7-15(8-6-14)16-13-27-19-17(16)18(22-20(21)23-19)24(9-11-25-2)10-12-26-3/h5-8,13H,4,9-12H2,1-3H3. The summed E-state index contributed by atoms with van der Waals surface area (Å²) in [6, 6.07) is 8.66. The van der Waals surface area contributed by atoms with Gasteiger partial charge in [0.05, 0.1) is 18.6 Å². The number of benzene rings is 1. The second-order valence-electron chi connectivity index (χ2n) is 6.17. The molecule has 27 heavy (non-hydrogen) atoms. The Kier molecular flexibility index (Phi) is 7.01. The number of methoxy groups -OCH3 is 2. The normalized spacial score (nSPS) is 11.3. The molecule has 3 rings (SSSR count). The molecule has 0 atom stereocenters. The van der Waals surface area contributed by atoms with E-state index >= 15 is 0 Å². The molecule has 0 bridgehead atoms. The van der Waals surface area contributed by atoms with Crippen molar-refractivity contribution in [1.29, 1.82) is 0 Å². The van der Waals surface area contributed by atoms with E-state index < -0.39 is 0 Å². The second kappa shape index (κ2) is 9.46. The van der Waals surface area contributed by atoms with Crippen LogP contribution in [0.15, 0.2) is 29.6 Å². The molecular formula is C20H24ClN3O2S. The summed E-state index contributed by atoms with van der Waals surface area (Å²) in [5, 5.41) is 3.42. The van der Waals surface area contributed by atoms with Gasteiger partial charge in [0, 0.05) is 38.3 Å². The lowest BCUT2D eigenvalue weighted by atomic mass is 10.0. The van der Waals surface area contributed by atoms with Crippen LogP contribution in [0.25, 0.3) is 21.3 Å². The van der Waals surface area contributed by atoms with E-state index in [1.54, 1.807) is 25.6 Å². The average molecular weight is 406 g/mol. The topological polar surface area (TPSA) is 47.5 Å². The molecule has 0 N–H and O–H groups in total. The quantitative estimate of drug-likeness (QED) is 0.484. The van der Waals surface area contributed by atoms with Gasteiger partial charge in [-0.2, -0.15) is 4.98 Å². The fourth-order valence-electron chi connectivity index (χ4n) is 2.99. The van der Waals surface area contributed by atoms with Gasteiger partial charge in [-0.25, -0.2) is 4.98 Å². The van der Waals surface area contributed by atoms with Gasteiger partial charge in [0.2, 0.25) is 5.28 Å². The largest absolute Gasteiger partial charge is 0.383 e. The molecule has 0 aliphatic carbocycles. The highest BCUT2D eigenvalue weighted by Gasteiger charge is 2.19. The van der Waals surface area contributed by atoms with Crippen LogP contribution in [0, 0.1) is 0 Å². The van der Waals surface area contributed by atoms with E-state index in [2.05, 4.69) is 51.4 Å². The number of thiophene rings is 1. The molecule has 0 aliphatic rings. The molecule has 0 amide bonds. The van der Waals surface area contributed by atoms with Gasteiger partial charge in [-0.15, -0.1) is 11.3 Å². The zero-order valence-electron chi connectivity index (χ0n) is 15.9. The van der Waals surface area contributed by atoms with Crippen LogP contribution in [0.5, 0.6) is 0 Å². The van der Waals surface area contributed by atoms with Gasteiger partial charge in [-0.1, -0.05) is 31.2 Å². The van der Waals surface area contributed by atoms with Gasteiger partial charge in [-0.3, -0.25) is 0 Å². The Balaban J connectivity index is 2.10. The maximum absolute atomic E-state index is 6.23. The molecule has 1 aromatic carbocycles. The van der Waals surface area contributed by atoms with E-state index in [1.165, 1.54) is 5.56 Å². The van der Waals surface area contributed by atoms with E-state index in [1.807, 2.05) is 0 Å². The van der Waals surface area contributed by atoms with Crippen molar-refractivity contribution < 1.29 is 9.47 Å². The first-order valence-electron chi connectivity index (χ1n) is 8.94. The van der Waals surface area contributed by atoms with Crippen LogP contribution in [0.1, 0.15) is 12.5 Å². The Morgan fingerprint density at radius 1 is 1.04 bits per heavy atom. The summed E-state index contributed by atoms with van der Waals surface area (Å²) >= 11 is 7.81. The fraction of sp³-hybridized carbons (Fsp3) is 0.400. The molecule has 0 saturated carbocycles. The summed E-state index contributed by atoms with van der Waals surface area (Å²) in [5.74, 6) is 0.829. The average Bonchev–Trinajstić information content (AvgIpc) is 3.11. The van der Waals surface area contributed by atoms with Crippen LogP contribution in [0.3, 0.4) is 0 Å². The number of rotatable bonds is 9. The highest BCUT2D eigenvalue weighted by molar-refractivity contribution is 7.17. The fourth-order valence-corrected chi connectivity index (χ4v) is 4.14. The zero-order valence-corrected chi connectivity index (χ0v) is 17.4. The van der Waals surface area contributed by atoms with Crippen LogP contribution in [0.2, 0.25) is 5.28 Å². The predicted octanol–water partition coefficient (Wildman–Crippen LogP) is 4.67. The molecule has 0 aliphatic heterocycles. The molecular weight excluding hydrogens is 382 g/mol. The van der Waals surface area contributed by atoms with Gasteiger partial charge in [0.15, 0.2) is 0 Å². The van der Waals surface area contributed by atoms with Crippen molar-refractivity contribution >= 4 is 39.0 Å². The van der Waals surface area contributed by atoms with Crippen molar-refractivity contribution in [3.05, 3.63) is 40.5 Å². The van der Waals surface area contributed by atoms with Crippen LogP contribution in [-0.2, 0) is 15.9 Å². The van der Waals surface area contributed by atoms with Crippen LogP contribution in [0.4, 0.5) is 5.82 Å². The third-order valence-corrected chi connectivity index (χ3v) is 5.53. The first-order chi connectivity index (χ1) is 13.2. The lowest BCUT2D eigenvalue weighted by Crippen LogP contribution is -2.31. The molecule has 5 nitrogen and oxygen atoms in total.